The van der Waals surface area contributed by atoms with Crippen molar-refractivity contribution in [3.63, 3.8) is 0 Å². The summed E-state index contributed by atoms with van der Waals surface area (Å²) in [6, 6.07) is 5.27. The third-order valence-electron chi connectivity index (χ3n) is 4.63. The number of halogens is 3. The first-order valence-electron chi connectivity index (χ1n) is 8.81. The number of amides is 1. The second-order valence-corrected chi connectivity index (χ2v) is 6.48. The molecule has 0 aliphatic carbocycles. The van der Waals surface area contributed by atoms with Crippen molar-refractivity contribution in [3.8, 4) is 5.75 Å². The highest BCUT2D eigenvalue weighted by atomic mass is 19.4. The predicted octanol–water partition coefficient (Wildman–Crippen LogP) is 2.21. The van der Waals surface area contributed by atoms with Crippen LogP contribution in [0.5, 0.6) is 5.75 Å². The van der Waals surface area contributed by atoms with E-state index >= 15 is 0 Å². The van der Waals surface area contributed by atoms with E-state index in [4.69, 9.17) is 4.74 Å². The van der Waals surface area contributed by atoms with Crippen molar-refractivity contribution < 1.29 is 22.7 Å². The van der Waals surface area contributed by atoms with Crippen LogP contribution in [0.2, 0.25) is 0 Å². The van der Waals surface area contributed by atoms with Crippen LogP contribution in [0, 0.1) is 0 Å². The quantitative estimate of drug-likeness (QED) is 0.802. The smallest absolute Gasteiger partial charge is 0.423 e. The van der Waals surface area contributed by atoms with Crippen LogP contribution in [-0.2, 0) is 11.0 Å². The van der Waals surface area contributed by atoms with E-state index in [1.54, 1.807) is 24.0 Å². The summed E-state index contributed by atoms with van der Waals surface area (Å²) in [6.45, 7) is 4.12. The van der Waals surface area contributed by atoms with Crippen molar-refractivity contribution in [2.24, 2.45) is 0 Å². The van der Waals surface area contributed by atoms with E-state index in [2.05, 4.69) is 20.2 Å². The van der Waals surface area contributed by atoms with Crippen LogP contribution >= 0.6 is 0 Å². The van der Waals surface area contributed by atoms with Gasteiger partial charge in [0.2, 0.25) is 11.9 Å². The highest BCUT2D eigenvalue weighted by Gasteiger charge is 2.34. The van der Waals surface area contributed by atoms with Crippen molar-refractivity contribution >= 4 is 23.2 Å². The fourth-order valence-corrected chi connectivity index (χ4v) is 3.05. The molecule has 29 heavy (non-hydrogen) atoms. The lowest BCUT2D eigenvalue weighted by Gasteiger charge is -2.35. The molecule has 3 rings (SSSR count). The number of ether oxygens (including phenoxy) is 1. The van der Waals surface area contributed by atoms with E-state index in [-0.39, 0.29) is 11.9 Å². The number of carbonyl (C=O) groups is 1. The highest BCUT2D eigenvalue weighted by Crippen LogP contribution is 2.32. The molecule has 2 N–H and O–H groups in total. The topological polar surface area (TPSA) is 90.6 Å². The van der Waals surface area contributed by atoms with Gasteiger partial charge in [0, 0.05) is 51.1 Å². The van der Waals surface area contributed by atoms with Gasteiger partial charge >= 0.3 is 6.18 Å². The van der Waals surface area contributed by atoms with Gasteiger partial charge in [0.15, 0.2) is 0 Å². The minimum Gasteiger partial charge on any atom is -0.494 e. The average molecular weight is 411 g/mol. The SMILES string of the molecule is COc1cc(N2CCN(C(C)=O)CC2)ccc1Nc1ncc(C(F)(F)F)c(=O)[nH]1. The number of aromatic amines is 1. The molecule has 0 bridgehead atoms. The van der Waals surface area contributed by atoms with Crippen molar-refractivity contribution in [3.05, 3.63) is 40.3 Å². The summed E-state index contributed by atoms with van der Waals surface area (Å²) in [5.41, 5.74) is -1.34. The standard InChI is InChI=1S/C18H20F3N5O3/c1-11(27)25-5-7-26(8-6-25)12-3-4-14(15(9-12)29-2)23-17-22-10-13(16(28)24-17)18(19,20)21/h3-4,9-10H,5-8H2,1-2H3,(H2,22,23,24,28). The van der Waals surface area contributed by atoms with Crippen LogP contribution in [0.15, 0.2) is 29.2 Å². The summed E-state index contributed by atoms with van der Waals surface area (Å²) in [5.74, 6) is 0.336. The maximum Gasteiger partial charge on any atom is 0.423 e. The molecule has 1 fully saturated rings. The molecular weight excluding hydrogens is 391 g/mol. The van der Waals surface area contributed by atoms with Crippen LogP contribution in [0.25, 0.3) is 0 Å². The van der Waals surface area contributed by atoms with E-state index in [0.717, 1.165) is 5.69 Å². The molecule has 0 unspecified atom stereocenters. The lowest BCUT2D eigenvalue weighted by Crippen LogP contribution is -2.48. The summed E-state index contributed by atoms with van der Waals surface area (Å²) < 4.78 is 43.4. The van der Waals surface area contributed by atoms with Gasteiger partial charge in [0.1, 0.15) is 11.3 Å². The number of hydrogen-bond acceptors (Lipinski definition) is 6. The molecule has 0 spiro atoms. The molecule has 1 aromatic heterocycles. The maximum absolute atomic E-state index is 12.7. The number of benzene rings is 1. The number of rotatable bonds is 4. The van der Waals surface area contributed by atoms with Gasteiger partial charge in [-0.1, -0.05) is 0 Å². The zero-order chi connectivity index (χ0) is 21.2. The number of alkyl halides is 3. The Bertz CT molecular complexity index is 952. The molecule has 1 saturated heterocycles. The second kappa shape index (κ2) is 8.02. The molecule has 0 saturated carbocycles. The highest BCUT2D eigenvalue weighted by molar-refractivity contribution is 5.74. The van der Waals surface area contributed by atoms with Crippen LogP contribution in [-0.4, -0.2) is 54.1 Å². The molecule has 0 atom stereocenters. The van der Waals surface area contributed by atoms with Crippen LogP contribution in [0.1, 0.15) is 12.5 Å². The van der Waals surface area contributed by atoms with Crippen molar-refractivity contribution in [2.45, 2.75) is 13.1 Å². The summed E-state index contributed by atoms with van der Waals surface area (Å²) in [4.78, 5) is 32.7. The van der Waals surface area contributed by atoms with Gasteiger partial charge in [-0.05, 0) is 12.1 Å². The van der Waals surface area contributed by atoms with Gasteiger partial charge < -0.3 is 19.9 Å². The third-order valence-corrected chi connectivity index (χ3v) is 4.63. The maximum atomic E-state index is 12.7. The molecule has 1 amide bonds. The number of hydrogen-bond donors (Lipinski definition) is 2. The van der Waals surface area contributed by atoms with Gasteiger partial charge in [-0.3, -0.25) is 14.6 Å². The summed E-state index contributed by atoms with van der Waals surface area (Å²) in [7, 11) is 1.46. The molecule has 1 aliphatic rings. The van der Waals surface area contributed by atoms with Crippen LogP contribution < -0.4 is 20.5 Å². The summed E-state index contributed by atoms with van der Waals surface area (Å²) in [5, 5.41) is 2.76. The molecule has 1 aliphatic heterocycles. The zero-order valence-electron chi connectivity index (χ0n) is 15.8. The Labute approximate surface area is 164 Å². The minimum atomic E-state index is -4.77. The van der Waals surface area contributed by atoms with Gasteiger partial charge in [-0.15, -0.1) is 0 Å². The summed E-state index contributed by atoms with van der Waals surface area (Å²) >= 11 is 0. The molecule has 11 heteroatoms. The molecule has 156 valence electrons. The van der Waals surface area contributed by atoms with E-state index in [9.17, 15) is 22.8 Å². The largest absolute Gasteiger partial charge is 0.494 e. The Balaban J connectivity index is 1.77. The van der Waals surface area contributed by atoms with E-state index in [1.807, 2.05) is 6.07 Å². The van der Waals surface area contributed by atoms with E-state index in [0.29, 0.717) is 43.8 Å². The lowest BCUT2D eigenvalue weighted by atomic mass is 10.2. The van der Waals surface area contributed by atoms with E-state index in [1.165, 1.54) is 7.11 Å². The number of aromatic nitrogens is 2. The van der Waals surface area contributed by atoms with Crippen molar-refractivity contribution in [1.82, 2.24) is 14.9 Å². The van der Waals surface area contributed by atoms with Crippen LogP contribution in [0.3, 0.4) is 0 Å². The molecular formula is C18H20F3N5O3. The predicted molar refractivity (Wildman–Crippen MR) is 101 cm³/mol. The van der Waals surface area contributed by atoms with Gasteiger partial charge in [-0.2, -0.15) is 13.2 Å². The first-order valence-corrected chi connectivity index (χ1v) is 8.81. The number of anilines is 3. The Morgan fingerprint density at radius 1 is 1.24 bits per heavy atom. The molecule has 1 aromatic carbocycles. The number of H-pyrrole nitrogens is 1. The number of nitrogens with one attached hydrogen (secondary N) is 2. The Kier molecular flexibility index (Phi) is 5.66. The minimum absolute atomic E-state index is 0.0415. The second-order valence-electron chi connectivity index (χ2n) is 6.48. The van der Waals surface area contributed by atoms with Crippen molar-refractivity contribution in [2.75, 3.05) is 43.5 Å². The Morgan fingerprint density at radius 2 is 1.93 bits per heavy atom. The first-order chi connectivity index (χ1) is 13.7. The molecule has 0 radical (unpaired) electrons. The first kappa shape index (κ1) is 20.5. The Hall–Kier alpha value is -3.24. The molecule has 8 nitrogen and oxygen atoms in total. The van der Waals surface area contributed by atoms with Gasteiger partial charge in [0.25, 0.3) is 5.56 Å². The Morgan fingerprint density at radius 3 is 2.48 bits per heavy atom. The van der Waals surface area contributed by atoms with E-state index < -0.39 is 17.3 Å². The fourth-order valence-electron chi connectivity index (χ4n) is 3.05. The number of carbonyl (C=O) groups excluding carboxylic acids is 1. The molecule has 2 aromatic rings. The van der Waals surface area contributed by atoms with Crippen LogP contribution in [0.4, 0.5) is 30.5 Å². The average Bonchev–Trinajstić information content (AvgIpc) is 2.67. The number of methoxy groups -OCH3 is 1. The number of piperazine rings is 1. The third kappa shape index (κ3) is 4.61. The fraction of sp³-hybridized carbons (Fsp3) is 0.389. The summed E-state index contributed by atoms with van der Waals surface area (Å²) in [6.07, 6.45) is -4.29. The number of nitrogens with zero attached hydrogens (tertiary/aromatic N) is 3. The van der Waals surface area contributed by atoms with Gasteiger partial charge in [-0.25, -0.2) is 4.98 Å². The monoisotopic (exact) mass is 411 g/mol. The van der Waals surface area contributed by atoms with Gasteiger partial charge in [0.05, 0.1) is 12.8 Å². The lowest BCUT2D eigenvalue weighted by molar-refractivity contribution is -0.139. The normalized spacial score (nSPS) is 14.7. The molecule has 2 heterocycles. The zero-order valence-corrected chi connectivity index (χ0v) is 15.8. The van der Waals surface area contributed by atoms with Crippen molar-refractivity contribution in [1.29, 1.82) is 0 Å².